The van der Waals surface area contributed by atoms with Crippen LogP contribution in [0.4, 0.5) is 0 Å². The molecule has 1 heterocycles. The van der Waals surface area contributed by atoms with E-state index in [2.05, 4.69) is 63.0 Å². The Kier molecular flexibility index (Phi) is 8.75. The molecule has 0 radical (unpaired) electrons. The molecule has 25 heavy (non-hydrogen) atoms. The van der Waals surface area contributed by atoms with Crippen molar-refractivity contribution < 1.29 is 0 Å². The SMILES string of the molecule is CN=C(NCC1CCN(CCc2ccccc2)C1)NC1CC=CC1.I. The maximum atomic E-state index is 4.36. The number of hydrogen-bond donors (Lipinski definition) is 2. The van der Waals surface area contributed by atoms with Gasteiger partial charge in [-0.15, -0.1) is 24.0 Å². The highest BCUT2D eigenvalue weighted by atomic mass is 127. The predicted molar refractivity (Wildman–Crippen MR) is 117 cm³/mol. The van der Waals surface area contributed by atoms with Gasteiger partial charge in [0.1, 0.15) is 0 Å². The smallest absolute Gasteiger partial charge is 0.191 e. The Bertz CT molecular complexity index is 550. The molecule has 1 aliphatic carbocycles. The lowest BCUT2D eigenvalue weighted by atomic mass is 10.1. The van der Waals surface area contributed by atoms with Crippen molar-refractivity contribution in [3.63, 3.8) is 0 Å². The molecule has 138 valence electrons. The van der Waals surface area contributed by atoms with Gasteiger partial charge in [0.15, 0.2) is 5.96 Å². The number of rotatable bonds is 6. The summed E-state index contributed by atoms with van der Waals surface area (Å²) in [6.07, 6.45) is 9.14. The van der Waals surface area contributed by atoms with E-state index in [1.807, 2.05) is 7.05 Å². The number of aliphatic imine (C=N–C) groups is 1. The third-order valence-electron chi connectivity index (χ3n) is 5.06. The molecule has 4 nitrogen and oxygen atoms in total. The summed E-state index contributed by atoms with van der Waals surface area (Å²) in [5.41, 5.74) is 1.44. The average molecular weight is 454 g/mol. The normalized spacial score (nSPS) is 21.3. The Morgan fingerprint density at radius 2 is 1.96 bits per heavy atom. The quantitative estimate of drug-likeness (QED) is 0.301. The molecular weight excluding hydrogens is 423 g/mol. The molecule has 1 fully saturated rings. The summed E-state index contributed by atoms with van der Waals surface area (Å²) in [6.45, 7) is 4.60. The predicted octanol–water partition coefficient (Wildman–Crippen LogP) is 3.05. The van der Waals surface area contributed by atoms with Gasteiger partial charge in [0.2, 0.25) is 0 Å². The van der Waals surface area contributed by atoms with Gasteiger partial charge in [-0.25, -0.2) is 0 Å². The Balaban J connectivity index is 0.00000225. The molecular formula is C20H31IN4. The molecule has 0 saturated carbocycles. The first-order chi connectivity index (χ1) is 11.8. The molecule has 0 spiro atoms. The van der Waals surface area contributed by atoms with E-state index in [1.165, 1.54) is 31.6 Å². The van der Waals surface area contributed by atoms with Gasteiger partial charge in [0.25, 0.3) is 0 Å². The van der Waals surface area contributed by atoms with Crippen LogP contribution in [0.1, 0.15) is 24.8 Å². The molecule has 0 amide bonds. The Labute approximate surface area is 169 Å². The van der Waals surface area contributed by atoms with Crippen molar-refractivity contribution in [1.82, 2.24) is 15.5 Å². The lowest BCUT2D eigenvalue weighted by molar-refractivity contribution is 0.328. The van der Waals surface area contributed by atoms with E-state index in [0.717, 1.165) is 37.7 Å². The lowest BCUT2D eigenvalue weighted by Crippen LogP contribution is -2.44. The molecule has 1 atom stereocenters. The number of halogens is 1. The van der Waals surface area contributed by atoms with Crippen molar-refractivity contribution >= 4 is 29.9 Å². The largest absolute Gasteiger partial charge is 0.356 e. The standard InChI is InChI=1S/C20H30N4.HI/c1-21-20(23-19-9-5-6-10-19)22-15-18-12-14-24(16-18)13-11-17-7-3-2-4-8-17;/h2-8,18-19H,9-16H2,1H3,(H2,21,22,23);1H. The summed E-state index contributed by atoms with van der Waals surface area (Å²) in [4.78, 5) is 6.95. The molecule has 0 bridgehead atoms. The topological polar surface area (TPSA) is 39.7 Å². The van der Waals surface area contributed by atoms with Crippen LogP contribution in [0.2, 0.25) is 0 Å². The highest BCUT2D eigenvalue weighted by molar-refractivity contribution is 14.0. The third-order valence-corrected chi connectivity index (χ3v) is 5.06. The first kappa shape index (κ1) is 20.2. The average Bonchev–Trinajstić information content (AvgIpc) is 3.29. The summed E-state index contributed by atoms with van der Waals surface area (Å²) in [5, 5.41) is 7.03. The second-order valence-corrected chi connectivity index (χ2v) is 6.93. The van der Waals surface area contributed by atoms with Crippen LogP contribution >= 0.6 is 24.0 Å². The summed E-state index contributed by atoms with van der Waals surface area (Å²) in [6, 6.07) is 11.3. The number of likely N-dealkylation sites (tertiary alicyclic amines) is 1. The molecule has 3 rings (SSSR count). The minimum absolute atomic E-state index is 0. The van der Waals surface area contributed by atoms with Crippen molar-refractivity contribution in [2.75, 3.05) is 33.2 Å². The minimum Gasteiger partial charge on any atom is -0.356 e. The van der Waals surface area contributed by atoms with Crippen LogP contribution in [0.3, 0.4) is 0 Å². The zero-order chi connectivity index (χ0) is 16.6. The third kappa shape index (κ3) is 6.62. The van der Waals surface area contributed by atoms with Crippen molar-refractivity contribution in [2.24, 2.45) is 10.9 Å². The van der Waals surface area contributed by atoms with Gasteiger partial charge >= 0.3 is 0 Å². The number of benzene rings is 1. The highest BCUT2D eigenvalue weighted by Crippen LogP contribution is 2.16. The van der Waals surface area contributed by atoms with Crippen LogP contribution in [0.25, 0.3) is 0 Å². The first-order valence-electron chi connectivity index (χ1n) is 9.22. The van der Waals surface area contributed by atoms with Crippen molar-refractivity contribution in [2.45, 2.75) is 31.7 Å². The van der Waals surface area contributed by atoms with Crippen LogP contribution in [-0.2, 0) is 6.42 Å². The van der Waals surface area contributed by atoms with Gasteiger partial charge in [-0.05, 0) is 43.7 Å². The molecule has 2 aliphatic rings. The van der Waals surface area contributed by atoms with Crippen LogP contribution < -0.4 is 10.6 Å². The first-order valence-corrected chi connectivity index (χ1v) is 9.22. The van der Waals surface area contributed by atoms with Gasteiger partial charge in [-0.2, -0.15) is 0 Å². The van der Waals surface area contributed by atoms with Crippen molar-refractivity contribution in [3.8, 4) is 0 Å². The zero-order valence-corrected chi connectivity index (χ0v) is 17.5. The van der Waals surface area contributed by atoms with Crippen molar-refractivity contribution in [3.05, 3.63) is 48.0 Å². The molecule has 2 N–H and O–H groups in total. The van der Waals surface area contributed by atoms with E-state index < -0.39 is 0 Å². The number of nitrogens with one attached hydrogen (secondary N) is 2. The van der Waals surface area contributed by atoms with Gasteiger partial charge in [-0.1, -0.05) is 42.5 Å². The summed E-state index contributed by atoms with van der Waals surface area (Å²) in [7, 11) is 1.86. The fraction of sp³-hybridized carbons (Fsp3) is 0.550. The van der Waals surface area contributed by atoms with E-state index >= 15 is 0 Å². The molecule has 1 saturated heterocycles. The summed E-state index contributed by atoms with van der Waals surface area (Å²) >= 11 is 0. The second-order valence-electron chi connectivity index (χ2n) is 6.93. The molecule has 0 aromatic heterocycles. The summed E-state index contributed by atoms with van der Waals surface area (Å²) < 4.78 is 0. The highest BCUT2D eigenvalue weighted by Gasteiger charge is 2.22. The van der Waals surface area contributed by atoms with E-state index in [9.17, 15) is 0 Å². The maximum absolute atomic E-state index is 4.36. The zero-order valence-electron chi connectivity index (χ0n) is 15.2. The lowest BCUT2D eigenvalue weighted by Gasteiger charge is -2.19. The van der Waals surface area contributed by atoms with E-state index in [0.29, 0.717) is 6.04 Å². The monoisotopic (exact) mass is 454 g/mol. The van der Waals surface area contributed by atoms with E-state index in [1.54, 1.807) is 0 Å². The fourth-order valence-corrected chi connectivity index (χ4v) is 3.58. The Hall–Kier alpha value is -1.08. The molecule has 1 aromatic carbocycles. The fourth-order valence-electron chi connectivity index (χ4n) is 3.58. The molecule has 1 aromatic rings. The van der Waals surface area contributed by atoms with Crippen LogP contribution in [-0.4, -0.2) is 50.1 Å². The number of guanidine groups is 1. The van der Waals surface area contributed by atoms with Gasteiger partial charge in [0, 0.05) is 32.7 Å². The molecule has 1 aliphatic heterocycles. The Morgan fingerprint density at radius 1 is 1.20 bits per heavy atom. The van der Waals surface area contributed by atoms with Crippen LogP contribution in [0.15, 0.2) is 47.5 Å². The number of hydrogen-bond acceptors (Lipinski definition) is 2. The van der Waals surface area contributed by atoms with Crippen LogP contribution in [0, 0.1) is 5.92 Å². The molecule has 5 heteroatoms. The number of nitrogens with zero attached hydrogens (tertiary/aromatic N) is 2. The van der Waals surface area contributed by atoms with E-state index in [-0.39, 0.29) is 24.0 Å². The van der Waals surface area contributed by atoms with Gasteiger partial charge in [-0.3, -0.25) is 4.99 Å². The van der Waals surface area contributed by atoms with Gasteiger partial charge in [0.05, 0.1) is 0 Å². The second kappa shape index (κ2) is 10.8. The molecule has 1 unspecified atom stereocenters. The minimum atomic E-state index is 0. The summed E-state index contributed by atoms with van der Waals surface area (Å²) in [5.74, 6) is 1.67. The van der Waals surface area contributed by atoms with Crippen molar-refractivity contribution in [1.29, 1.82) is 0 Å². The Morgan fingerprint density at radius 3 is 2.68 bits per heavy atom. The maximum Gasteiger partial charge on any atom is 0.191 e. The van der Waals surface area contributed by atoms with E-state index in [4.69, 9.17) is 0 Å². The van der Waals surface area contributed by atoms with Gasteiger partial charge < -0.3 is 15.5 Å². The van der Waals surface area contributed by atoms with Crippen LogP contribution in [0.5, 0.6) is 0 Å².